The summed E-state index contributed by atoms with van der Waals surface area (Å²) >= 11 is 11.8. The van der Waals surface area contributed by atoms with E-state index < -0.39 is 11.6 Å². The molecule has 2 N–H and O–H groups in total. The van der Waals surface area contributed by atoms with Gasteiger partial charge in [0.15, 0.2) is 17.4 Å². The Morgan fingerprint density at radius 3 is 2.65 bits per heavy atom. The van der Waals surface area contributed by atoms with Gasteiger partial charge < -0.3 is 15.0 Å². The zero-order valence-electron chi connectivity index (χ0n) is 18.2. The molecule has 34 heavy (non-hydrogen) atoms. The quantitative estimate of drug-likeness (QED) is 0.334. The summed E-state index contributed by atoms with van der Waals surface area (Å²) in [5.74, 6) is -1.04. The minimum Gasteiger partial charge on any atom is -0.379 e. The number of hydrogen-bond donors (Lipinski definition) is 2. The number of carbonyl (C=O) groups excluding carboxylic acids is 2. The van der Waals surface area contributed by atoms with Gasteiger partial charge in [-0.3, -0.25) is 14.5 Å². The molecule has 0 bridgehead atoms. The van der Waals surface area contributed by atoms with Crippen molar-refractivity contribution in [1.82, 2.24) is 14.9 Å². The largest absolute Gasteiger partial charge is 0.379 e. The number of carbonyl (C=O) groups is 2. The molecule has 0 aliphatic carbocycles. The lowest BCUT2D eigenvalue weighted by molar-refractivity contribution is 0.0398. The van der Waals surface area contributed by atoms with E-state index in [-0.39, 0.29) is 39.1 Å². The van der Waals surface area contributed by atoms with Crippen LogP contribution in [0.2, 0.25) is 10.0 Å². The maximum absolute atomic E-state index is 14.3. The molecule has 1 saturated heterocycles. The molecule has 0 radical (unpaired) electrons. The number of anilines is 1. The molecule has 7 nitrogen and oxygen atoms in total. The van der Waals surface area contributed by atoms with Gasteiger partial charge >= 0.3 is 0 Å². The standard InChI is InChI=1S/C24H23Cl2FN4O3/c25-17-2-3-18(26)23(27)22(17)24(33)16-12-19(29-14-16)20(32)11-15-1-4-21(30-13-15)28-5-6-31-7-9-34-10-8-31/h1-4,12-14,29H,5-11H2,(H,28,30). The van der Waals surface area contributed by atoms with E-state index >= 15 is 0 Å². The summed E-state index contributed by atoms with van der Waals surface area (Å²) in [6, 6.07) is 7.68. The zero-order valence-corrected chi connectivity index (χ0v) is 19.8. The Morgan fingerprint density at radius 1 is 1.15 bits per heavy atom. The van der Waals surface area contributed by atoms with Crippen LogP contribution in [-0.4, -0.2) is 65.8 Å². The van der Waals surface area contributed by atoms with Crippen LogP contribution in [0.25, 0.3) is 0 Å². The Labute approximate surface area is 206 Å². The molecule has 1 fully saturated rings. The van der Waals surface area contributed by atoms with E-state index in [4.69, 9.17) is 27.9 Å². The lowest BCUT2D eigenvalue weighted by Gasteiger charge is -2.26. The number of aromatic nitrogens is 2. The van der Waals surface area contributed by atoms with Crippen LogP contribution in [0.15, 0.2) is 42.7 Å². The zero-order chi connectivity index (χ0) is 24.1. The van der Waals surface area contributed by atoms with Gasteiger partial charge in [-0.05, 0) is 29.8 Å². The van der Waals surface area contributed by atoms with E-state index in [1.165, 1.54) is 24.4 Å². The molecule has 0 spiro atoms. The van der Waals surface area contributed by atoms with Gasteiger partial charge in [0.25, 0.3) is 0 Å². The van der Waals surface area contributed by atoms with Gasteiger partial charge in [0.1, 0.15) is 5.82 Å². The molecule has 0 atom stereocenters. The van der Waals surface area contributed by atoms with Crippen LogP contribution in [0, 0.1) is 5.82 Å². The first-order valence-electron chi connectivity index (χ1n) is 10.8. The molecular weight excluding hydrogens is 482 g/mol. The van der Waals surface area contributed by atoms with E-state index in [1.807, 2.05) is 12.1 Å². The molecule has 1 aliphatic heterocycles. The number of halogens is 3. The van der Waals surface area contributed by atoms with Crippen molar-refractivity contribution in [2.45, 2.75) is 6.42 Å². The molecule has 1 aromatic carbocycles. The van der Waals surface area contributed by atoms with Crippen molar-refractivity contribution in [2.24, 2.45) is 0 Å². The number of nitrogens with zero attached hydrogens (tertiary/aromatic N) is 2. The average Bonchev–Trinajstić information content (AvgIpc) is 3.34. The lowest BCUT2D eigenvalue weighted by atomic mass is 10.0. The highest BCUT2D eigenvalue weighted by molar-refractivity contribution is 6.37. The summed E-state index contributed by atoms with van der Waals surface area (Å²) in [5, 5.41) is 3.02. The van der Waals surface area contributed by atoms with Crippen molar-refractivity contribution in [3.05, 3.63) is 81.0 Å². The summed E-state index contributed by atoms with van der Waals surface area (Å²) < 4.78 is 19.7. The highest BCUT2D eigenvalue weighted by atomic mass is 35.5. The summed E-state index contributed by atoms with van der Waals surface area (Å²) in [5.41, 5.74) is 0.752. The Morgan fingerprint density at radius 2 is 1.91 bits per heavy atom. The third kappa shape index (κ3) is 5.82. The number of ether oxygens (including phenoxy) is 1. The average molecular weight is 505 g/mol. The van der Waals surface area contributed by atoms with Gasteiger partial charge in [-0.1, -0.05) is 29.3 Å². The molecule has 1 aliphatic rings. The molecule has 0 saturated carbocycles. The highest BCUT2D eigenvalue weighted by Gasteiger charge is 2.22. The van der Waals surface area contributed by atoms with Gasteiger partial charge in [-0.2, -0.15) is 0 Å². The van der Waals surface area contributed by atoms with E-state index in [2.05, 4.69) is 20.2 Å². The van der Waals surface area contributed by atoms with Crippen LogP contribution in [-0.2, 0) is 11.2 Å². The number of benzene rings is 1. The molecule has 2 aromatic heterocycles. The third-order valence-corrected chi connectivity index (χ3v) is 6.15. The van der Waals surface area contributed by atoms with Gasteiger partial charge in [0.2, 0.25) is 0 Å². The van der Waals surface area contributed by atoms with Crippen LogP contribution in [0.4, 0.5) is 10.2 Å². The fourth-order valence-corrected chi connectivity index (χ4v) is 4.04. The summed E-state index contributed by atoms with van der Waals surface area (Å²) in [6.45, 7) is 5.07. The molecule has 0 amide bonds. The number of pyridine rings is 1. The van der Waals surface area contributed by atoms with Crippen LogP contribution in [0.5, 0.6) is 0 Å². The number of ketones is 2. The molecular formula is C24H23Cl2FN4O3. The van der Waals surface area contributed by atoms with E-state index in [0.29, 0.717) is 0 Å². The van der Waals surface area contributed by atoms with Crippen molar-refractivity contribution in [2.75, 3.05) is 44.7 Å². The van der Waals surface area contributed by atoms with Crippen LogP contribution in [0.3, 0.4) is 0 Å². The predicted octanol–water partition coefficient (Wildman–Crippen LogP) is 4.26. The van der Waals surface area contributed by atoms with Crippen molar-refractivity contribution in [3.63, 3.8) is 0 Å². The van der Waals surface area contributed by atoms with Crippen molar-refractivity contribution < 1.29 is 18.7 Å². The van der Waals surface area contributed by atoms with Gasteiger partial charge in [-0.15, -0.1) is 0 Å². The minimum absolute atomic E-state index is 0.0503. The van der Waals surface area contributed by atoms with Crippen LogP contribution < -0.4 is 5.32 Å². The second-order valence-corrected chi connectivity index (χ2v) is 8.70. The molecule has 4 rings (SSSR count). The van der Waals surface area contributed by atoms with E-state index in [9.17, 15) is 14.0 Å². The number of nitrogens with one attached hydrogen (secondary N) is 2. The Hall–Kier alpha value is -2.78. The second-order valence-electron chi connectivity index (χ2n) is 7.88. The SMILES string of the molecule is O=C(Cc1ccc(NCCN2CCOCC2)nc1)c1cc(C(=O)c2c(Cl)ccc(Cl)c2F)c[nH]1. The first kappa shape index (κ1) is 24.3. The Balaban J connectivity index is 1.34. The molecule has 10 heteroatoms. The summed E-state index contributed by atoms with van der Waals surface area (Å²) in [7, 11) is 0. The lowest BCUT2D eigenvalue weighted by Crippen LogP contribution is -2.39. The minimum atomic E-state index is -0.891. The number of Topliss-reactive ketones (excluding diaryl/α,β-unsaturated/α-hetero) is 1. The smallest absolute Gasteiger partial charge is 0.199 e. The molecule has 3 heterocycles. The summed E-state index contributed by atoms with van der Waals surface area (Å²) in [6.07, 6.45) is 3.10. The van der Waals surface area contributed by atoms with Crippen molar-refractivity contribution in [3.8, 4) is 0 Å². The van der Waals surface area contributed by atoms with Crippen LogP contribution in [0.1, 0.15) is 32.0 Å². The second kappa shape index (κ2) is 11.1. The number of morpholine rings is 1. The van der Waals surface area contributed by atoms with Gasteiger partial charge in [0.05, 0.1) is 34.5 Å². The maximum atomic E-state index is 14.3. The first-order valence-corrected chi connectivity index (χ1v) is 11.6. The monoisotopic (exact) mass is 504 g/mol. The molecule has 3 aromatic rings. The fraction of sp³-hybridized carbons (Fsp3) is 0.292. The Bertz CT molecular complexity index is 1180. The van der Waals surface area contributed by atoms with Gasteiger partial charge in [0, 0.05) is 50.6 Å². The van der Waals surface area contributed by atoms with E-state index in [0.717, 1.165) is 50.8 Å². The van der Waals surface area contributed by atoms with E-state index in [1.54, 1.807) is 6.20 Å². The predicted molar refractivity (Wildman–Crippen MR) is 129 cm³/mol. The topological polar surface area (TPSA) is 87.3 Å². The van der Waals surface area contributed by atoms with Gasteiger partial charge in [-0.25, -0.2) is 9.37 Å². The number of aromatic amines is 1. The number of hydrogen-bond acceptors (Lipinski definition) is 6. The first-order chi connectivity index (χ1) is 16.4. The third-order valence-electron chi connectivity index (χ3n) is 5.54. The fourth-order valence-electron chi connectivity index (χ4n) is 3.65. The van der Waals surface area contributed by atoms with Crippen molar-refractivity contribution >= 4 is 40.6 Å². The normalized spacial score (nSPS) is 14.2. The summed E-state index contributed by atoms with van der Waals surface area (Å²) in [4.78, 5) is 34.9. The molecule has 0 unspecified atom stereocenters. The Kier molecular flexibility index (Phi) is 7.95. The highest BCUT2D eigenvalue weighted by Crippen LogP contribution is 2.28. The van der Waals surface area contributed by atoms with Crippen LogP contribution >= 0.6 is 23.2 Å². The maximum Gasteiger partial charge on any atom is 0.199 e. The number of rotatable bonds is 9. The van der Waals surface area contributed by atoms with Crippen molar-refractivity contribution in [1.29, 1.82) is 0 Å². The molecule has 178 valence electrons. The number of H-pyrrole nitrogens is 1.